The van der Waals surface area contributed by atoms with E-state index in [-0.39, 0.29) is 5.56 Å². The fourth-order valence-corrected chi connectivity index (χ4v) is 1.90. The van der Waals surface area contributed by atoms with Gasteiger partial charge in [0, 0.05) is 24.4 Å². The molecule has 108 valence electrons. The van der Waals surface area contributed by atoms with E-state index in [0.29, 0.717) is 11.6 Å². The summed E-state index contributed by atoms with van der Waals surface area (Å²) >= 11 is 0. The number of halogens is 4. The Morgan fingerprint density at radius 3 is 2.55 bits per heavy atom. The van der Waals surface area contributed by atoms with Crippen molar-refractivity contribution in [2.75, 3.05) is 0 Å². The molecule has 2 rings (SSSR count). The number of benzene rings is 1. The van der Waals surface area contributed by atoms with Gasteiger partial charge in [-0.2, -0.15) is 18.3 Å². The number of aryl methyl sites for hydroxylation is 1. The number of nitrogens with two attached hydrogens (primary N) is 1. The van der Waals surface area contributed by atoms with Crippen molar-refractivity contribution in [3.8, 4) is 0 Å². The van der Waals surface area contributed by atoms with Gasteiger partial charge in [0.25, 0.3) is 0 Å². The summed E-state index contributed by atoms with van der Waals surface area (Å²) in [6, 6.07) is 1.30. The molecule has 0 aliphatic heterocycles. The molecule has 1 heterocycles. The molecule has 8 heteroatoms. The maximum absolute atomic E-state index is 13.8. The van der Waals surface area contributed by atoms with Crippen LogP contribution in [0.25, 0.3) is 0 Å². The highest BCUT2D eigenvalue weighted by atomic mass is 19.4. The van der Waals surface area contributed by atoms with Gasteiger partial charge in [0.05, 0.1) is 17.8 Å². The summed E-state index contributed by atoms with van der Waals surface area (Å²) in [5.74, 6) is 4.57. The van der Waals surface area contributed by atoms with Gasteiger partial charge in [-0.05, 0) is 18.2 Å². The van der Waals surface area contributed by atoms with Crippen LogP contribution in [0.4, 0.5) is 17.6 Å². The van der Waals surface area contributed by atoms with Gasteiger partial charge in [0.15, 0.2) is 0 Å². The van der Waals surface area contributed by atoms with E-state index < -0.39 is 23.6 Å². The Labute approximate surface area is 112 Å². The summed E-state index contributed by atoms with van der Waals surface area (Å²) in [4.78, 5) is 0. The quantitative estimate of drug-likeness (QED) is 0.517. The van der Waals surface area contributed by atoms with Gasteiger partial charge in [-0.15, -0.1) is 0 Å². The lowest BCUT2D eigenvalue weighted by molar-refractivity contribution is -0.137. The number of hydrogen-bond donors (Lipinski definition) is 2. The Kier molecular flexibility index (Phi) is 3.78. The SMILES string of the molecule is Cn1cc(C(NN)c2cc(C(F)(F)F)ccc2F)cn1. The number of hydrazine groups is 1. The molecule has 0 saturated heterocycles. The zero-order valence-corrected chi connectivity index (χ0v) is 10.4. The van der Waals surface area contributed by atoms with E-state index in [1.807, 2.05) is 0 Å². The minimum atomic E-state index is -4.55. The van der Waals surface area contributed by atoms with Crippen molar-refractivity contribution in [2.24, 2.45) is 12.9 Å². The molecule has 1 atom stereocenters. The van der Waals surface area contributed by atoms with E-state index >= 15 is 0 Å². The highest BCUT2D eigenvalue weighted by Gasteiger charge is 2.32. The van der Waals surface area contributed by atoms with Crippen LogP contribution in [-0.4, -0.2) is 9.78 Å². The minimum Gasteiger partial charge on any atom is -0.275 e. The molecule has 1 unspecified atom stereocenters. The molecule has 3 N–H and O–H groups in total. The maximum atomic E-state index is 13.8. The van der Waals surface area contributed by atoms with Crippen LogP contribution in [0.15, 0.2) is 30.6 Å². The van der Waals surface area contributed by atoms with Gasteiger partial charge in [-0.25, -0.2) is 9.82 Å². The van der Waals surface area contributed by atoms with Crippen molar-refractivity contribution in [3.05, 3.63) is 53.1 Å². The molecular formula is C12H12F4N4. The number of alkyl halides is 3. The lowest BCUT2D eigenvalue weighted by Crippen LogP contribution is -2.29. The van der Waals surface area contributed by atoms with Crippen LogP contribution in [-0.2, 0) is 13.2 Å². The predicted molar refractivity (Wildman–Crippen MR) is 63.8 cm³/mol. The third kappa shape index (κ3) is 2.81. The summed E-state index contributed by atoms with van der Waals surface area (Å²) in [5.41, 5.74) is 1.66. The third-order valence-corrected chi connectivity index (χ3v) is 2.86. The predicted octanol–water partition coefficient (Wildman–Crippen LogP) is 2.13. The fourth-order valence-electron chi connectivity index (χ4n) is 1.90. The Hall–Kier alpha value is -1.93. The molecule has 0 aliphatic carbocycles. The Morgan fingerprint density at radius 2 is 2.05 bits per heavy atom. The van der Waals surface area contributed by atoms with Crippen LogP contribution >= 0.6 is 0 Å². The molecule has 0 saturated carbocycles. The van der Waals surface area contributed by atoms with Crippen molar-refractivity contribution >= 4 is 0 Å². The number of aromatic nitrogens is 2. The van der Waals surface area contributed by atoms with E-state index in [4.69, 9.17) is 5.84 Å². The molecule has 0 fully saturated rings. The summed E-state index contributed by atoms with van der Waals surface area (Å²) in [5, 5.41) is 3.89. The zero-order chi connectivity index (χ0) is 14.9. The topological polar surface area (TPSA) is 55.9 Å². The summed E-state index contributed by atoms with van der Waals surface area (Å²) < 4.78 is 53.3. The normalized spacial score (nSPS) is 13.5. The number of rotatable bonds is 3. The number of nitrogens with zero attached hydrogens (tertiary/aromatic N) is 2. The van der Waals surface area contributed by atoms with Gasteiger partial charge in [0.2, 0.25) is 0 Å². The van der Waals surface area contributed by atoms with Crippen molar-refractivity contribution in [3.63, 3.8) is 0 Å². The smallest absolute Gasteiger partial charge is 0.275 e. The van der Waals surface area contributed by atoms with Crippen LogP contribution in [0.3, 0.4) is 0 Å². The highest BCUT2D eigenvalue weighted by Crippen LogP contribution is 2.33. The molecule has 0 amide bonds. The molecule has 1 aromatic carbocycles. The van der Waals surface area contributed by atoms with Gasteiger partial charge in [0.1, 0.15) is 5.82 Å². The number of nitrogens with one attached hydrogen (secondary N) is 1. The molecule has 2 aromatic rings. The Bertz CT molecular complexity index is 606. The largest absolute Gasteiger partial charge is 0.416 e. The van der Waals surface area contributed by atoms with Crippen molar-refractivity contribution in [1.82, 2.24) is 15.2 Å². The average molecular weight is 288 g/mol. The second-order valence-electron chi connectivity index (χ2n) is 4.28. The Balaban J connectivity index is 2.49. The molecule has 0 radical (unpaired) electrons. The van der Waals surface area contributed by atoms with Crippen LogP contribution < -0.4 is 11.3 Å². The fraction of sp³-hybridized carbons (Fsp3) is 0.250. The number of hydrogen-bond acceptors (Lipinski definition) is 3. The third-order valence-electron chi connectivity index (χ3n) is 2.86. The summed E-state index contributed by atoms with van der Waals surface area (Å²) in [6.07, 6.45) is -1.59. The van der Waals surface area contributed by atoms with E-state index in [9.17, 15) is 17.6 Å². The van der Waals surface area contributed by atoms with Gasteiger partial charge < -0.3 is 0 Å². The summed E-state index contributed by atoms with van der Waals surface area (Å²) in [6.45, 7) is 0. The minimum absolute atomic E-state index is 0.185. The van der Waals surface area contributed by atoms with Crippen LogP contribution in [0.5, 0.6) is 0 Å². The van der Waals surface area contributed by atoms with E-state index in [2.05, 4.69) is 10.5 Å². The average Bonchev–Trinajstić information content (AvgIpc) is 2.77. The molecular weight excluding hydrogens is 276 g/mol. The zero-order valence-electron chi connectivity index (χ0n) is 10.4. The van der Waals surface area contributed by atoms with Crippen LogP contribution in [0.1, 0.15) is 22.7 Å². The first kappa shape index (κ1) is 14.5. The molecule has 4 nitrogen and oxygen atoms in total. The first-order chi connectivity index (χ1) is 9.32. The van der Waals surface area contributed by atoms with Crippen molar-refractivity contribution < 1.29 is 17.6 Å². The molecule has 0 aliphatic rings. The van der Waals surface area contributed by atoms with Gasteiger partial charge in [-0.3, -0.25) is 10.5 Å². The van der Waals surface area contributed by atoms with E-state index in [0.717, 1.165) is 12.1 Å². The first-order valence-electron chi connectivity index (χ1n) is 5.64. The van der Waals surface area contributed by atoms with E-state index in [1.54, 1.807) is 13.2 Å². The Morgan fingerprint density at radius 1 is 1.35 bits per heavy atom. The van der Waals surface area contributed by atoms with Crippen molar-refractivity contribution in [2.45, 2.75) is 12.2 Å². The van der Waals surface area contributed by atoms with E-state index in [1.165, 1.54) is 10.9 Å². The summed E-state index contributed by atoms with van der Waals surface area (Å²) in [7, 11) is 1.64. The second kappa shape index (κ2) is 5.22. The second-order valence-corrected chi connectivity index (χ2v) is 4.28. The highest BCUT2D eigenvalue weighted by molar-refractivity contribution is 5.34. The molecule has 20 heavy (non-hydrogen) atoms. The monoisotopic (exact) mass is 288 g/mol. The van der Waals surface area contributed by atoms with Crippen LogP contribution in [0.2, 0.25) is 0 Å². The standard InChI is InChI=1S/C12H12F4N4/c1-20-6-7(5-18-20)11(19-17)9-4-8(12(14,15)16)2-3-10(9)13/h2-6,11,19H,17H2,1H3. The lowest BCUT2D eigenvalue weighted by Gasteiger charge is -2.17. The first-order valence-corrected chi connectivity index (χ1v) is 5.64. The van der Waals surface area contributed by atoms with Gasteiger partial charge in [-0.1, -0.05) is 0 Å². The van der Waals surface area contributed by atoms with Gasteiger partial charge >= 0.3 is 6.18 Å². The van der Waals surface area contributed by atoms with Crippen LogP contribution in [0, 0.1) is 5.82 Å². The maximum Gasteiger partial charge on any atom is 0.416 e. The molecule has 0 spiro atoms. The lowest BCUT2D eigenvalue weighted by atomic mass is 9.99. The molecule has 1 aromatic heterocycles. The van der Waals surface area contributed by atoms with Crippen molar-refractivity contribution in [1.29, 1.82) is 0 Å². The molecule has 0 bridgehead atoms.